The van der Waals surface area contributed by atoms with Gasteiger partial charge in [0.2, 0.25) is 0 Å². The zero-order valence-electron chi connectivity index (χ0n) is 11.6. The van der Waals surface area contributed by atoms with E-state index in [1.54, 1.807) is 40.1 Å². The van der Waals surface area contributed by atoms with Crippen LogP contribution in [0.3, 0.4) is 0 Å². The Morgan fingerprint density at radius 1 is 1.37 bits per heavy atom. The molecule has 1 aromatic heterocycles. The summed E-state index contributed by atoms with van der Waals surface area (Å²) in [6.45, 7) is 6.04. The van der Waals surface area contributed by atoms with Crippen LogP contribution in [0.25, 0.3) is 0 Å². The Balaban J connectivity index is 3.20. The molecule has 1 atom stereocenters. The van der Waals surface area contributed by atoms with E-state index in [0.717, 1.165) is 5.56 Å². The molecule has 0 radical (unpaired) electrons. The van der Waals surface area contributed by atoms with Crippen molar-refractivity contribution in [1.29, 1.82) is 0 Å². The molecule has 0 spiro atoms. The van der Waals surface area contributed by atoms with Gasteiger partial charge in [0.1, 0.15) is 4.60 Å². The molecule has 0 fully saturated rings. The second-order valence-corrected chi connectivity index (χ2v) is 6.90. The van der Waals surface area contributed by atoms with E-state index in [-0.39, 0.29) is 0 Å². The van der Waals surface area contributed by atoms with Gasteiger partial charge in [-0.3, -0.25) is 4.57 Å². The van der Waals surface area contributed by atoms with E-state index in [1.807, 2.05) is 0 Å². The number of hydrogen-bond donors (Lipinski definition) is 0. The molecular weight excluding hydrogens is 333 g/mol. The highest BCUT2D eigenvalue weighted by atomic mass is 79.9. The van der Waals surface area contributed by atoms with Crippen molar-refractivity contribution in [3.63, 3.8) is 0 Å². The Bertz CT molecular complexity index is 459. The summed E-state index contributed by atoms with van der Waals surface area (Å²) in [6, 6.07) is 1.76. The predicted octanol–water partition coefficient (Wildman–Crippen LogP) is 4.18. The number of rotatable bonds is 7. The van der Waals surface area contributed by atoms with Crippen molar-refractivity contribution >= 4 is 23.5 Å². The number of nitrogens with zero attached hydrogens (tertiary/aromatic N) is 1. The molecule has 0 amide bonds. The van der Waals surface area contributed by atoms with E-state index in [2.05, 4.69) is 20.9 Å². The third kappa shape index (κ3) is 3.78. The zero-order valence-corrected chi connectivity index (χ0v) is 14.0. The van der Waals surface area contributed by atoms with Crippen LogP contribution in [0.15, 0.2) is 16.9 Å². The van der Waals surface area contributed by atoms with Crippen LogP contribution in [-0.4, -0.2) is 25.3 Å². The van der Waals surface area contributed by atoms with Gasteiger partial charge in [0.25, 0.3) is 0 Å². The van der Waals surface area contributed by atoms with Gasteiger partial charge in [-0.1, -0.05) is 0 Å². The summed E-state index contributed by atoms with van der Waals surface area (Å²) in [7, 11) is -1.67. The first-order chi connectivity index (χ1) is 9.00. The minimum atomic E-state index is -3.22. The van der Waals surface area contributed by atoms with Gasteiger partial charge < -0.3 is 13.8 Å². The quantitative estimate of drug-likeness (QED) is 0.544. The van der Waals surface area contributed by atoms with Crippen LogP contribution in [0.5, 0.6) is 5.75 Å². The molecule has 1 heterocycles. The fourth-order valence-corrected chi connectivity index (χ4v) is 4.05. The van der Waals surface area contributed by atoms with Gasteiger partial charge in [0.15, 0.2) is 5.75 Å². The molecular formula is C12H19BrNO4P. The Labute approximate surface area is 122 Å². The molecule has 0 saturated carbocycles. The maximum atomic E-state index is 12.8. The third-order valence-electron chi connectivity index (χ3n) is 2.64. The fourth-order valence-electron chi connectivity index (χ4n) is 1.76. The van der Waals surface area contributed by atoms with E-state index in [4.69, 9.17) is 13.8 Å². The summed E-state index contributed by atoms with van der Waals surface area (Å²) >= 11 is 3.31. The molecule has 0 aromatic carbocycles. The lowest BCUT2D eigenvalue weighted by atomic mass is 10.2. The van der Waals surface area contributed by atoms with Crippen molar-refractivity contribution in [3.05, 3.63) is 22.4 Å². The third-order valence-corrected chi connectivity index (χ3v) is 5.67. The van der Waals surface area contributed by atoms with Crippen molar-refractivity contribution in [2.45, 2.75) is 26.4 Å². The molecule has 1 unspecified atom stereocenters. The highest BCUT2D eigenvalue weighted by molar-refractivity contribution is 9.10. The monoisotopic (exact) mass is 351 g/mol. The molecule has 108 valence electrons. The molecule has 0 aliphatic carbocycles. The maximum Gasteiger partial charge on any atom is 0.337 e. The largest absolute Gasteiger partial charge is 0.494 e. The van der Waals surface area contributed by atoms with Crippen LogP contribution in [-0.2, 0) is 13.6 Å². The van der Waals surface area contributed by atoms with Crippen molar-refractivity contribution in [3.8, 4) is 5.75 Å². The Hall–Kier alpha value is -0.420. The Morgan fingerprint density at radius 3 is 2.42 bits per heavy atom. The average Bonchev–Trinajstić information content (AvgIpc) is 2.38. The number of methoxy groups -OCH3 is 1. The predicted molar refractivity (Wildman–Crippen MR) is 77.8 cm³/mol. The van der Waals surface area contributed by atoms with Crippen LogP contribution >= 0.6 is 23.5 Å². The standard InChI is InChI=1S/C12H19BrNO4P/c1-5-17-19(15,18-6-2)9(3)10-7-8-14-12(13)11(10)16-4/h7-9H,5-6H2,1-4H3. The number of hydrogen-bond acceptors (Lipinski definition) is 5. The van der Waals surface area contributed by atoms with Gasteiger partial charge in [0, 0.05) is 11.8 Å². The van der Waals surface area contributed by atoms with Crippen molar-refractivity contribution in [2.75, 3.05) is 20.3 Å². The first-order valence-electron chi connectivity index (χ1n) is 6.07. The molecule has 5 nitrogen and oxygen atoms in total. The molecule has 0 bridgehead atoms. The highest BCUT2D eigenvalue weighted by Gasteiger charge is 2.35. The van der Waals surface area contributed by atoms with Crippen LogP contribution < -0.4 is 4.74 Å². The van der Waals surface area contributed by atoms with Gasteiger partial charge in [-0.2, -0.15) is 0 Å². The molecule has 0 saturated heterocycles. The number of ether oxygens (including phenoxy) is 1. The summed E-state index contributed by atoms with van der Waals surface area (Å²) in [4.78, 5) is 4.09. The van der Waals surface area contributed by atoms with E-state index in [0.29, 0.717) is 23.6 Å². The van der Waals surface area contributed by atoms with Crippen molar-refractivity contribution in [2.24, 2.45) is 0 Å². The first kappa shape index (κ1) is 16.6. The normalized spacial score (nSPS) is 13.3. The van der Waals surface area contributed by atoms with Gasteiger partial charge in [-0.05, 0) is 42.8 Å². The summed E-state index contributed by atoms with van der Waals surface area (Å²) < 4.78 is 29.4. The molecule has 0 aliphatic rings. The molecule has 1 rings (SSSR count). The Morgan fingerprint density at radius 2 is 1.95 bits per heavy atom. The topological polar surface area (TPSA) is 57.7 Å². The van der Waals surface area contributed by atoms with Gasteiger partial charge in [-0.25, -0.2) is 4.98 Å². The van der Waals surface area contributed by atoms with Gasteiger partial charge >= 0.3 is 7.60 Å². The maximum absolute atomic E-state index is 12.8. The van der Waals surface area contributed by atoms with Crippen LogP contribution in [0.2, 0.25) is 0 Å². The van der Waals surface area contributed by atoms with Crippen molar-refractivity contribution in [1.82, 2.24) is 4.98 Å². The van der Waals surface area contributed by atoms with Crippen LogP contribution in [0.1, 0.15) is 32.0 Å². The average molecular weight is 352 g/mol. The van der Waals surface area contributed by atoms with E-state index >= 15 is 0 Å². The lowest BCUT2D eigenvalue weighted by Crippen LogP contribution is -2.06. The fraction of sp³-hybridized carbons (Fsp3) is 0.583. The van der Waals surface area contributed by atoms with Crippen LogP contribution in [0, 0.1) is 0 Å². The summed E-state index contributed by atoms with van der Waals surface area (Å²) in [5.41, 5.74) is 0.316. The summed E-state index contributed by atoms with van der Waals surface area (Å²) in [5.74, 6) is 0.551. The van der Waals surface area contributed by atoms with Gasteiger partial charge in [-0.15, -0.1) is 0 Å². The number of pyridine rings is 1. The summed E-state index contributed by atoms with van der Waals surface area (Å²) in [6.07, 6.45) is 1.63. The second-order valence-electron chi connectivity index (χ2n) is 3.78. The molecule has 0 aliphatic heterocycles. The number of aromatic nitrogens is 1. The molecule has 0 N–H and O–H groups in total. The minimum Gasteiger partial charge on any atom is -0.494 e. The van der Waals surface area contributed by atoms with E-state index in [9.17, 15) is 4.57 Å². The first-order valence-corrected chi connectivity index (χ1v) is 8.47. The number of halogens is 1. The summed E-state index contributed by atoms with van der Waals surface area (Å²) in [5, 5.41) is 0. The van der Waals surface area contributed by atoms with E-state index < -0.39 is 13.3 Å². The SMILES string of the molecule is CCOP(=O)(OCC)C(C)c1ccnc(Br)c1OC. The van der Waals surface area contributed by atoms with Gasteiger partial charge in [0.05, 0.1) is 26.0 Å². The Kier molecular flexibility index (Phi) is 6.47. The molecule has 7 heteroatoms. The van der Waals surface area contributed by atoms with Crippen LogP contribution in [0.4, 0.5) is 0 Å². The molecule has 19 heavy (non-hydrogen) atoms. The molecule has 1 aromatic rings. The van der Waals surface area contributed by atoms with E-state index in [1.165, 1.54) is 0 Å². The second kappa shape index (κ2) is 7.39. The lowest BCUT2D eigenvalue weighted by molar-refractivity contribution is 0.213. The smallest absolute Gasteiger partial charge is 0.337 e. The highest BCUT2D eigenvalue weighted by Crippen LogP contribution is 2.62. The lowest BCUT2D eigenvalue weighted by Gasteiger charge is -2.24. The van der Waals surface area contributed by atoms with Crippen molar-refractivity contribution < 1.29 is 18.3 Å². The minimum absolute atomic E-state index is 0.330. The zero-order chi connectivity index (χ0) is 14.5.